The van der Waals surface area contributed by atoms with Gasteiger partial charge in [-0.1, -0.05) is 158 Å². The molecule has 2 nitrogen and oxygen atoms in total. The minimum absolute atomic E-state index is 0. The largest absolute Gasteiger partial charge is 0.478 e. The number of rotatable bonds is 7. The third-order valence-corrected chi connectivity index (χ3v) is 14.3. The molecule has 17 heteroatoms. The average Bonchev–Trinajstić information content (AvgIpc) is 3.33. The summed E-state index contributed by atoms with van der Waals surface area (Å²) in [5.41, 5.74) is -6.92. The van der Waals surface area contributed by atoms with Gasteiger partial charge in [-0.15, -0.1) is 0 Å². The maximum atomic E-state index is 13.7. The summed E-state index contributed by atoms with van der Waals surface area (Å²) in [6.07, 6.45) is -19.8. The van der Waals surface area contributed by atoms with Crippen molar-refractivity contribution in [2.75, 3.05) is 0 Å². The van der Waals surface area contributed by atoms with Gasteiger partial charge in [0.15, 0.2) is 0 Å². The molecule has 0 fully saturated rings. The summed E-state index contributed by atoms with van der Waals surface area (Å²) < 4.78 is 153. The molecule has 366 valence electrons. The van der Waals surface area contributed by atoms with Crippen molar-refractivity contribution < 1.29 is 83.0 Å². The van der Waals surface area contributed by atoms with E-state index in [0.717, 1.165) is 6.07 Å². The molecule has 8 aromatic rings. The van der Waals surface area contributed by atoms with E-state index in [-0.39, 0.29) is 50.0 Å². The molecule has 1 N–H and O–H groups in total. The number of halogens is 12. The smallest absolute Gasteiger partial charge is 0.417 e. The SMILES string of the molecule is FC(F)(F)c1ccc(P(c2ccccc2)c2ccccc2)c(C(F)(F)F)c1.O=C(O)c1cc(C(F)(F)F)cc(C(F)(F)F)c1.[Pd].[c-]1ccccc1.c1ccc(P(c2ccccc2)c2ccccc2)cc1. The molecule has 0 aliphatic rings. The molecule has 8 rings (SSSR count). The van der Waals surface area contributed by atoms with Gasteiger partial charge in [-0.25, -0.2) is 4.79 Å². The standard InChI is InChI=1S/C20H13F6P.C18H15P.C9H4F6O2.C6H5.Pd/c21-19(22,23)14-11-12-18(17(13-14)20(24,25)26)27(15-7-3-1-4-8-15)16-9-5-2-6-10-16;1-4-10-16(11-5-1)19(17-12-6-2-7-13-17)18-14-8-3-9-15-18;10-8(11,12)5-1-4(7(16)17)2-6(3-5)9(13,14)15;1-2-4-6-5-3-1;/h1-13H;1-15H;1-3H,(H,16,17);1-5H;/q;;;-1;. The van der Waals surface area contributed by atoms with Gasteiger partial charge in [-0.2, -0.15) is 89.1 Å². The van der Waals surface area contributed by atoms with Crippen LogP contribution < -0.4 is 31.8 Å². The number of aromatic carboxylic acids is 1. The minimum Gasteiger partial charge on any atom is -0.478 e. The first kappa shape index (κ1) is 56.5. The number of alkyl halides is 12. The zero-order valence-corrected chi connectivity index (χ0v) is 39.2. The Kier molecular flexibility index (Phi) is 20.7. The third-order valence-electron chi connectivity index (χ3n) is 9.38. The van der Waals surface area contributed by atoms with Gasteiger partial charge in [0.2, 0.25) is 0 Å². The van der Waals surface area contributed by atoms with Gasteiger partial charge in [0.05, 0.1) is 27.8 Å². The van der Waals surface area contributed by atoms with Crippen LogP contribution in [0.1, 0.15) is 32.6 Å². The van der Waals surface area contributed by atoms with Crippen molar-refractivity contribution in [1.29, 1.82) is 0 Å². The number of carboxylic acids is 1. The van der Waals surface area contributed by atoms with Gasteiger partial charge < -0.3 is 5.11 Å². The first-order valence-electron chi connectivity index (χ1n) is 20.2. The van der Waals surface area contributed by atoms with E-state index in [0.29, 0.717) is 16.7 Å². The molecule has 70 heavy (non-hydrogen) atoms. The van der Waals surface area contributed by atoms with E-state index in [1.807, 2.05) is 30.3 Å². The van der Waals surface area contributed by atoms with Gasteiger partial charge >= 0.3 is 30.7 Å². The van der Waals surface area contributed by atoms with Crippen LogP contribution in [0.2, 0.25) is 0 Å². The minimum atomic E-state index is -5.04. The molecule has 0 aromatic heterocycles. The normalized spacial score (nSPS) is 11.4. The molecule has 0 amide bonds. The second-order valence-electron chi connectivity index (χ2n) is 14.3. The summed E-state index contributed by atoms with van der Waals surface area (Å²) in [5, 5.41) is 13.7. The van der Waals surface area contributed by atoms with E-state index in [1.165, 1.54) is 15.9 Å². The number of benzene rings is 8. The maximum absolute atomic E-state index is 13.7. The van der Waals surface area contributed by atoms with Crippen molar-refractivity contribution in [3.8, 4) is 0 Å². The third kappa shape index (κ3) is 16.8. The number of hydrogen-bond donors (Lipinski definition) is 1. The Morgan fingerprint density at radius 2 is 0.686 bits per heavy atom. The van der Waals surface area contributed by atoms with Crippen molar-refractivity contribution >= 4 is 53.6 Å². The summed E-state index contributed by atoms with van der Waals surface area (Å²) in [4.78, 5) is 10.4. The first-order chi connectivity index (χ1) is 32.6. The Morgan fingerprint density at radius 3 is 0.943 bits per heavy atom. The fourth-order valence-corrected chi connectivity index (χ4v) is 11.1. The Balaban J connectivity index is 0.000000219. The second-order valence-corrected chi connectivity index (χ2v) is 18.7. The van der Waals surface area contributed by atoms with E-state index < -0.39 is 74.3 Å². The Bertz CT molecular complexity index is 2610. The monoisotopic (exact) mass is 1100 g/mol. The van der Waals surface area contributed by atoms with Crippen molar-refractivity contribution in [3.63, 3.8) is 0 Å². The summed E-state index contributed by atoms with van der Waals surface area (Å²) in [7, 11) is -2.11. The van der Waals surface area contributed by atoms with Gasteiger partial charge in [0.1, 0.15) is 0 Å². The van der Waals surface area contributed by atoms with E-state index in [2.05, 4.69) is 97.1 Å². The number of hydrogen-bond acceptors (Lipinski definition) is 1. The van der Waals surface area contributed by atoms with E-state index >= 15 is 0 Å². The quantitative estimate of drug-likeness (QED) is 0.0747. The predicted octanol–water partition coefficient (Wildman–Crippen LogP) is 13.8. The molecule has 0 atom stereocenters. The topological polar surface area (TPSA) is 37.3 Å². The molecule has 0 bridgehead atoms. The fraction of sp³-hybridized carbons (Fsp3) is 0.0755. The van der Waals surface area contributed by atoms with Crippen LogP contribution in [0.5, 0.6) is 0 Å². The molecule has 0 saturated carbocycles. The molecule has 0 heterocycles. The van der Waals surface area contributed by atoms with Crippen molar-refractivity contribution in [1.82, 2.24) is 0 Å². The summed E-state index contributed by atoms with van der Waals surface area (Å²) in [6, 6.07) is 63.9. The van der Waals surface area contributed by atoms with E-state index in [4.69, 9.17) is 5.11 Å². The van der Waals surface area contributed by atoms with Gasteiger partial charge in [-0.3, -0.25) is 0 Å². The van der Waals surface area contributed by atoms with Crippen LogP contribution in [0.3, 0.4) is 0 Å². The number of carbonyl (C=O) groups is 1. The zero-order chi connectivity index (χ0) is 50.2. The van der Waals surface area contributed by atoms with Crippen LogP contribution in [0.25, 0.3) is 0 Å². The van der Waals surface area contributed by atoms with Crippen molar-refractivity contribution in [3.05, 3.63) is 252 Å². The fourth-order valence-electron chi connectivity index (χ4n) is 6.31. The Hall–Kier alpha value is -6.09. The van der Waals surface area contributed by atoms with Gasteiger partial charge in [0.25, 0.3) is 0 Å². The van der Waals surface area contributed by atoms with Crippen LogP contribution in [0.15, 0.2) is 218 Å². The Morgan fingerprint density at radius 1 is 0.371 bits per heavy atom. The van der Waals surface area contributed by atoms with Crippen molar-refractivity contribution in [2.24, 2.45) is 0 Å². The van der Waals surface area contributed by atoms with E-state index in [1.54, 1.807) is 60.7 Å². The molecule has 0 spiro atoms. The number of carboxylic acid groups (broad SMARTS) is 1. The Labute approximate surface area is 411 Å². The first-order valence-corrected chi connectivity index (χ1v) is 22.9. The molecule has 0 radical (unpaired) electrons. The molecule has 0 saturated heterocycles. The molecular formula is C53H37F12O2P2Pd-. The zero-order valence-electron chi connectivity index (χ0n) is 35.9. The van der Waals surface area contributed by atoms with E-state index in [9.17, 15) is 57.5 Å². The molecular weight excluding hydrogens is 1060 g/mol. The maximum Gasteiger partial charge on any atom is 0.417 e. The summed E-state index contributed by atoms with van der Waals surface area (Å²) in [6.45, 7) is 0. The molecule has 8 aromatic carbocycles. The average molecular weight is 1100 g/mol. The van der Waals surface area contributed by atoms with Gasteiger partial charge in [0, 0.05) is 20.4 Å². The van der Waals surface area contributed by atoms with Crippen molar-refractivity contribution in [2.45, 2.75) is 24.7 Å². The van der Waals surface area contributed by atoms with Crippen LogP contribution in [-0.2, 0) is 45.1 Å². The van der Waals surface area contributed by atoms with Crippen LogP contribution >= 0.6 is 15.8 Å². The molecule has 0 unspecified atom stereocenters. The molecule has 0 aliphatic carbocycles. The van der Waals surface area contributed by atoms with Crippen LogP contribution in [-0.4, -0.2) is 11.1 Å². The molecule has 0 aliphatic heterocycles. The van der Waals surface area contributed by atoms with Crippen LogP contribution in [0, 0.1) is 6.07 Å². The predicted molar refractivity (Wildman–Crippen MR) is 249 cm³/mol. The van der Waals surface area contributed by atoms with Crippen LogP contribution in [0.4, 0.5) is 52.7 Å². The summed E-state index contributed by atoms with van der Waals surface area (Å²) in [5.74, 6) is -1.86. The summed E-state index contributed by atoms with van der Waals surface area (Å²) >= 11 is 0. The van der Waals surface area contributed by atoms with Gasteiger partial charge in [-0.05, 0) is 78.0 Å². The second kappa shape index (κ2) is 25.7.